The molecule has 0 aliphatic rings. The molecule has 0 amide bonds. The van der Waals surface area contributed by atoms with Crippen LogP contribution >= 0.6 is 11.3 Å². The normalized spacial score (nSPS) is 12.5. The summed E-state index contributed by atoms with van der Waals surface area (Å²) in [4.78, 5) is 0. The first-order valence-corrected chi connectivity index (χ1v) is 6.87. The number of aromatic hydroxyl groups is 2. The van der Waals surface area contributed by atoms with Crippen molar-refractivity contribution in [3.8, 4) is 11.5 Å². The second-order valence-electron chi connectivity index (χ2n) is 4.30. The molecule has 3 nitrogen and oxygen atoms in total. The Kier molecular flexibility index (Phi) is 4.23. The smallest absolute Gasteiger partial charge is 0.120 e. The van der Waals surface area contributed by atoms with Crippen LogP contribution in [-0.4, -0.2) is 16.8 Å². The zero-order valence-corrected chi connectivity index (χ0v) is 11.1. The lowest BCUT2D eigenvalue weighted by atomic mass is 10.1. The van der Waals surface area contributed by atoms with Crippen LogP contribution in [0.2, 0.25) is 0 Å². The molecule has 1 aromatic heterocycles. The molecule has 2 aromatic rings. The van der Waals surface area contributed by atoms with Gasteiger partial charge in [-0.1, -0.05) is 0 Å². The Hall–Kier alpha value is -1.52. The number of hydrogen-bond acceptors (Lipinski definition) is 4. The second kappa shape index (κ2) is 5.89. The van der Waals surface area contributed by atoms with Gasteiger partial charge in [-0.25, -0.2) is 0 Å². The largest absolute Gasteiger partial charge is 0.508 e. The molecule has 0 saturated heterocycles. The van der Waals surface area contributed by atoms with Crippen molar-refractivity contribution in [1.82, 2.24) is 5.32 Å². The summed E-state index contributed by atoms with van der Waals surface area (Å²) >= 11 is 1.70. The fraction of sp³-hybridized carbons (Fsp3) is 0.286. The zero-order valence-electron chi connectivity index (χ0n) is 10.3. The van der Waals surface area contributed by atoms with Crippen LogP contribution in [0.4, 0.5) is 0 Å². The van der Waals surface area contributed by atoms with Crippen molar-refractivity contribution in [3.05, 3.63) is 46.2 Å². The molecule has 3 N–H and O–H groups in total. The lowest BCUT2D eigenvalue weighted by molar-refractivity contribution is 0.441. The van der Waals surface area contributed by atoms with E-state index in [9.17, 15) is 10.2 Å². The van der Waals surface area contributed by atoms with Gasteiger partial charge in [0.15, 0.2) is 0 Å². The lowest BCUT2D eigenvalue weighted by Crippen LogP contribution is -2.21. The Balaban J connectivity index is 1.91. The number of hydrogen-bond donors (Lipinski definition) is 3. The van der Waals surface area contributed by atoms with Crippen molar-refractivity contribution < 1.29 is 10.2 Å². The van der Waals surface area contributed by atoms with E-state index in [-0.39, 0.29) is 17.5 Å². The summed E-state index contributed by atoms with van der Waals surface area (Å²) in [5.74, 6) is 0.387. The van der Waals surface area contributed by atoms with E-state index in [1.807, 2.05) is 6.92 Å². The standard InChI is InChI=1S/C14H17NO2S/c1-10(13-8-12(16)2-3-14(13)17)15-6-4-11-5-7-18-9-11/h2-3,5,7-10,15-17H,4,6H2,1H3. The summed E-state index contributed by atoms with van der Waals surface area (Å²) < 4.78 is 0. The van der Waals surface area contributed by atoms with Crippen molar-refractivity contribution in [3.63, 3.8) is 0 Å². The maximum absolute atomic E-state index is 9.74. The molecule has 1 atom stereocenters. The van der Waals surface area contributed by atoms with Gasteiger partial charge in [0, 0.05) is 11.6 Å². The van der Waals surface area contributed by atoms with Gasteiger partial charge in [0.25, 0.3) is 0 Å². The second-order valence-corrected chi connectivity index (χ2v) is 5.08. The Morgan fingerprint density at radius 1 is 1.28 bits per heavy atom. The predicted octanol–water partition coefficient (Wildman–Crippen LogP) is 3.05. The average Bonchev–Trinajstić information content (AvgIpc) is 2.85. The summed E-state index contributed by atoms with van der Waals surface area (Å²) in [6.45, 7) is 2.81. The Morgan fingerprint density at radius 3 is 2.83 bits per heavy atom. The predicted molar refractivity (Wildman–Crippen MR) is 74.2 cm³/mol. The number of benzene rings is 1. The summed E-state index contributed by atoms with van der Waals surface area (Å²) in [6.07, 6.45) is 0.966. The van der Waals surface area contributed by atoms with Gasteiger partial charge >= 0.3 is 0 Å². The van der Waals surface area contributed by atoms with Gasteiger partial charge in [-0.15, -0.1) is 0 Å². The molecule has 1 unspecified atom stereocenters. The van der Waals surface area contributed by atoms with E-state index in [4.69, 9.17) is 0 Å². The van der Waals surface area contributed by atoms with Gasteiger partial charge in [0.2, 0.25) is 0 Å². The molecule has 0 spiro atoms. The molecule has 4 heteroatoms. The third-order valence-electron chi connectivity index (χ3n) is 2.92. The molecule has 18 heavy (non-hydrogen) atoms. The lowest BCUT2D eigenvalue weighted by Gasteiger charge is -2.15. The highest BCUT2D eigenvalue weighted by atomic mass is 32.1. The summed E-state index contributed by atoms with van der Waals surface area (Å²) in [6, 6.07) is 6.72. The Bertz CT molecular complexity index is 497. The molecule has 0 aliphatic heterocycles. The third-order valence-corrected chi connectivity index (χ3v) is 3.65. The molecule has 96 valence electrons. The molecule has 2 rings (SSSR count). The SMILES string of the molecule is CC(NCCc1ccsc1)c1cc(O)ccc1O. The topological polar surface area (TPSA) is 52.5 Å². The first-order chi connectivity index (χ1) is 8.66. The molecular weight excluding hydrogens is 246 g/mol. The summed E-state index contributed by atoms with van der Waals surface area (Å²) in [5.41, 5.74) is 2.04. The van der Waals surface area contributed by atoms with E-state index in [2.05, 4.69) is 22.1 Å². The fourth-order valence-electron chi connectivity index (χ4n) is 1.87. The van der Waals surface area contributed by atoms with Crippen LogP contribution in [0.1, 0.15) is 24.1 Å². The minimum absolute atomic E-state index is 0.00994. The van der Waals surface area contributed by atoms with Crippen LogP contribution in [0.25, 0.3) is 0 Å². The van der Waals surface area contributed by atoms with Gasteiger partial charge in [-0.3, -0.25) is 0 Å². The minimum Gasteiger partial charge on any atom is -0.508 e. The number of nitrogens with one attached hydrogen (secondary N) is 1. The molecule has 1 heterocycles. The van der Waals surface area contributed by atoms with Crippen LogP contribution in [0.5, 0.6) is 11.5 Å². The summed E-state index contributed by atoms with van der Waals surface area (Å²) in [7, 11) is 0. The molecule has 0 bridgehead atoms. The Morgan fingerprint density at radius 2 is 2.11 bits per heavy atom. The fourth-order valence-corrected chi connectivity index (χ4v) is 2.57. The van der Waals surface area contributed by atoms with E-state index in [1.54, 1.807) is 17.4 Å². The van der Waals surface area contributed by atoms with Crippen LogP contribution in [-0.2, 0) is 6.42 Å². The summed E-state index contributed by atoms with van der Waals surface area (Å²) in [5, 5.41) is 26.7. The highest BCUT2D eigenvalue weighted by molar-refractivity contribution is 7.07. The van der Waals surface area contributed by atoms with Crippen LogP contribution in [0.3, 0.4) is 0 Å². The van der Waals surface area contributed by atoms with Gasteiger partial charge in [0.1, 0.15) is 11.5 Å². The van der Waals surface area contributed by atoms with Crippen LogP contribution in [0, 0.1) is 0 Å². The van der Waals surface area contributed by atoms with Crippen molar-refractivity contribution in [2.75, 3.05) is 6.54 Å². The van der Waals surface area contributed by atoms with Gasteiger partial charge < -0.3 is 15.5 Å². The van der Waals surface area contributed by atoms with E-state index in [0.29, 0.717) is 0 Å². The quantitative estimate of drug-likeness (QED) is 0.727. The average molecular weight is 263 g/mol. The molecule has 0 radical (unpaired) electrons. The highest BCUT2D eigenvalue weighted by Gasteiger charge is 2.10. The van der Waals surface area contributed by atoms with Crippen molar-refractivity contribution in [2.45, 2.75) is 19.4 Å². The molecular formula is C14H17NO2S. The van der Waals surface area contributed by atoms with Crippen molar-refractivity contribution >= 4 is 11.3 Å². The van der Waals surface area contributed by atoms with Gasteiger partial charge in [-0.2, -0.15) is 11.3 Å². The van der Waals surface area contributed by atoms with Crippen LogP contribution < -0.4 is 5.32 Å². The number of thiophene rings is 1. The van der Waals surface area contributed by atoms with E-state index in [0.717, 1.165) is 18.5 Å². The van der Waals surface area contributed by atoms with Crippen LogP contribution in [0.15, 0.2) is 35.0 Å². The van der Waals surface area contributed by atoms with E-state index in [1.165, 1.54) is 17.7 Å². The number of phenolic OH excluding ortho intramolecular Hbond substituents is 2. The molecule has 0 aliphatic carbocycles. The maximum Gasteiger partial charge on any atom is 0.120 e. The Labute approximate surface area is 111 Å². The van der Waals surface area contributed by atoms with E-state index >= 15 is 0 Å². The number of rotatable bonds is 5. The minimum atomic E-state index is 0.00994. The first kappa shape index (κ1) is 12.9. The van der Waals surface area contributed by atoms with Gasteiger partial charge in [0.05, 0.1) is 0 Å². The highest BCUT2D eigenvalue weighted by Crippen LogP contribution is 2.27. The van der Waals surface area contributed by atoms with Crippen molar-refractivity contribution in [1.29, 1.82) is 0 Å². The first-order valence-electron chi connectivity index (χ1n) is 5.93. The monoisotopic (exact) mass is 263 g/mol. The number of phenols is 2. The molecule has 0 saturated carbocycles. The molecule has 1 aromatic carbocycles. The van der Waals surface area contributed by atoms with E-state index < -0.39 is 0 Å². The van der Waals surface area contributed by atoms with Gasteiger partial charge in [-0.05, 0) is 60.5 Å². The molecule has 0 fully saturated rings. The maximum atomic E-state index is 9.74. The third kappa shape index (κ3) is 3.24. The van der Waals surface area contributed by atoms with Crippen molar-refractivity contribution in [2.24, 2.45) is 0 Å². The zero-order chi connectivity index (χ0) is 13.0.